The molecule has 100 valence electrons. The molecule has 4 heteroatoms. The monoisotopic (exact) mass is 251 g/mol. The Hall–Kier alpha value is -1.29. The largest absolute Gasteiger partial charge is 0.397 e. The van der Waals surface area contributed by atoms with Gasteiger partial charge in [0.05, 0.1) is 11.4 Å². The smallest absolute Gasteiger partial charge is 0.148 e. The third-order valence-corrected chi connectivity index (χ3v) is 3.53. The van der Waals surface area contributed by atoms with Crippen molar-refractivity contribution in [3.63, 3.8) is 0 Å². The number of piperazine rings is 1. The van der Waals surface area contributed by atoms with Gasteiger partial charge in [-0.2, -0.15) is 0 Å². The summed E-state index contributed by atoms with van der Waals surface area (Å²) in [5.74, 6) is -0.211. The molecule has 0 unspecified atom stereocenters. The lowest BCUT2D eigenvalue weighted by molar-refractivity contribution is 0.253. The van der Waals surface area contributed by atoms with Crippen LogP contribution in [-0.2, 0) is 0 Å². The summed E-state index contributed by atoms with van der Waals surface area (Å²) in [5, 5.41) is 0. The highest BCUT2D eigenvalue weighted by Crippen LogP contribution is 2.27. The van der Waals surface area contributed by atoms with Gasteiger partial charge in [-0.15, -0.1) is 0 Å². The number of rotatable bonds is 4. The Bertz CT molecular complexity index is 366. The molecule has 0 amide bonds. The van der Waals surface area contributed by atoms with Gasteiger partial charge >= 0.3 is 0 Å². The van der Waals surface area contributed by atoms with E-state index in [2.05, 4.69) is 16.7 Å². The van der Waals surface area contributed by atoms with Gasteiger partial charge in [-0.25, -0.2) is 4.39 Å². The average molecular weight is 251 g/mol. The Morgan fingerprint density at radius 2 is 1.94 bits per heavy atom. The summed E-state index contributed by atoms with van der Waals surface area (Å²) in [6.07, 6.45) is 2.46. The molecule has 1 saturated heterocycles. The van der Waals surface area contributed by atoms with E-state index in [4.69, 9.17) is 5.73 Å². The van der Waals surface area contributed by atoms with Crippen LogP contribution in [0.15, 0.2) is 18.2 Å². The number of nitrogen functional groups attached to an aromatic ring is 1. The number of hydrogen-bond donors (Lipinski definition) is 1. The van der Waals surface area contributed by atoms with Crippen LogP contribution < -0.4 is 10.6 Å². The maximum Gasteiger partial charge on any atom is 0.148 e. The van der Waals surface area contributed by atoms with Crippen LogP contribution >= 0.6 is 0 Å². The number of unbranched alkanes of at least 4 members (excludes halogenated alkanes) is 1. The number of nitrogens with two attached hydrogens (primary N) is 1. The number of anilines is 2. The van der Waals surface area contributed by atoms with Crippen LogP contribution in [0, 0.1) is 5.82 Å². The Morgan fingerprint density at radius 1 is 1.22 bits per heavy atom. The highest BCUT2D eigenvalue weighted by molar-refractivity contribution is 5.68. The van der Waals surface area contributed by atoms with Gasteiger partial charge in [0.2, 0.25) is 0 Å². The highest BCUT2D eigenvalue weighted by atomic mass is 19.1. The minimum absolute atomic E-state index is 0.211. The fraction of sp³-hybridized carbons (Fsp3) is 0.571. The van der Waals surface area contributed by atoms with Crippen LogP contribution in [0.2, 0.25) is 0 Å². The molecule has 1 aliphatic heterocycles. The van der Waals surface area contributed by atoms with Crippen molar-refractivity contribution in [1.29, 1.82) is 0 Å². The van der Waals surface area contributed by atoms with Crippen LogP contribution in [0.5, 0.6) is 0 Å². The van der Waals surface area contributed by atoms with Gasteiger partial charge in [-0.05, 0) is 25.1 Å². The van der Waals surface area contributed by atoms with E-state index in [-0.39, 0.29) is 5.82 Å². The predicted molar refractivity (Wildman–Crippen MR) is 74.4 cm³/mol. The van der Waals surface area contributed by atoms with E-state index in [1.807, 2.05) is 0 Å². The van der Waals surface area contributed by atoms with Gasteiger partial charge in [0.1, 0.15) is 5.82 Å². The molecular weight excluding hydrogens is 229 g/mol. The quantitative estimate of drug-likeness (QED) is 0.834. The molecule has 0 saturated carbocycles. The molecule has 2 N–H and O–H groups in total. The molecule has 18 heavy (non-hydrogen) atoms. The standard InChI is InChI=1S/C14H22FN3/c1-2-3-7-17-8-10-18(11-9-17)14-12(15)5-4-6-13(14)16/h4-6H,2-3,7-11,16H2,1H3. The lowest BCUT2D eigenvalue weighted by Gasteiger charge is -2.36. The SMILES string of the molecule is CCCCN1CCN(c2c(N)cccc2F)CC1. The summed E-state index contributed by atoms with van der Waals surface area (Å²) in [6.45, 7) is 7.05. The third kappa shape index (κ3) is 2.93. The molecule has 1 aromatic rings. The predicted octanol–water partition coefficient (Wildman–Crippen LogP) is 2.33. The molecule has 1 aliphatic rings. The molecule has 0 atom stereocenters. The minimum Gasteiger partial charge on any atom is -0.397 e. The van der Waals surface area contributed by atoms with Crippen molar-refractivity contribution in [1.82, 2.24) is 4.90 Å². The molecule has 0 aromatic heterocycles. The van der Waals surface area contributed by atoms with Gasteiger partial charge in [-0.3, -0.25) is 4.90 Å². The lowest BCUT2D eigenvalue weighted by Crippen LogP contribution is -2.47. The van der Waals surface area contributed by atoms with Crippen molar-refractivity contribution in [2.75, 3.05) is 43.4 Å². The molecule has 1 heterocycles. The van der Waals surface area contributed by atoms with E-state index < -0.39 is 0 Å². The van der Waals surface area contributed by atoms with Crippen LogP contribution in [0.4, 0.5) is 15.8 Å². The first-order chi connectivity index (χ1) is 8.72. The van der Waals surface area contributed by atoms with E-state index >= 15 is 0 Å². The van der Waals surface area contributed by atoms with Crippen LogP contribution in [0.25, 0.3) is 0 Å². The number of halogens is 1. The van der Waals surface area contributed by atoms with Gasteiger partial charge in [0.25, 0.3) is 0 Å². The van der Waals surface area contributed by atoms with Crippen LogP contribution in [-0.4, -0.2) is 37.6 Å². The van der Waals surface area contributed by atoms with E-state index in [9.17, 15) is 4.39 Å². The normalized spacial score (nSPS) is 17.1. The number of nitrogens with zero attached hydrogens (tertiary/aromatic N) is 2. The Kier molecular flexibility index (Phi) is 4.42. The van der Waals surface area contributed by atoms with E-state index in [1.165, 1.54) is 18.9 Å². The highest BCUT2D eigenvalue weighted by Gasteiger charge is 2.20. The first kappa shape index (κ1) is 13.1. The van der Waals surface area contributed by atoms with E-state index in [0.717, 1.165) is 32.7 Å². The summed E-state index contributed by atoms with van der Waals surface area (Å²) in [7, 11) is 0. The molecule has 0 bridgehead atoms. The zero-order valence-corrected chi connectivity index (χ0v) is 11.0. The fourth-order valence-electron chi connectivity index (χ4n) is 2.44. The Morgan fingerprint density at radius 3 is 2.56 bits per heavy atom. The van der Waals surface area contributed by atoms with Crippen molar-refractivity contribution in [3.05, 3.63) is 24.0 Å². The fourth-order valence-corrected chi connectivity index (χ4v) is 2.44. The molecule has 0 aliphatic carbocycles. The molecular formula is C14H22FN3. The molecule has 0 spiro atoms. The second-order valence-electron chi connectivity index (χ2n) is 4.86. The number of hydrogen-bond acceptors (Lipinski definition) is 3. The molecule has 1 fully saturated rings. The summed E-state index contributed by atoms with van der Waals surface area (Å²) in [6, 6.07) is 4.91. The van der Waals surface area contributed by atoms with Gasteiger partial charge in [0, 0.05) is 26.2 Å². The number of benzene rings is 1. The molecule has 1 aromatic carbocycles. The first-order valence-electron chi connectivity index (χ1n) is 6.73. The summed E-state index contributed by atoms with van der Waals surface area (Å²) < 4.78 is 13.8. The Labute approximate surface area is 108 Å². The zero-order chi connectivity index (χ0) is 13.0. The van der Waals surface area contributed by atoms with Crippen molar-refractivity contribution in [2.24, 2.45) is 0 Å². The second kappa shape index (κ2) is 6.05. The molecule has 3 nitrogen and oxygen atoms in total. The molecule has 2 rings (SSSR count). The second-order valence-corrected chi connectivity index (χ2v) is 4.86. The Balaban J connectivity index is 1.97. The van der Waals surface area contributed by atoms with Crippen LogP contribution in [0.3, 0.4) is 0 Å². The summed E-state index contributed by atoms with van der Waals surface area (Å²) in [4.78, 5) is 4.50. The summed E-state index contributed by atoms with van der Waals surface area (Å²) in [5.41, 5.74) is 6.99. The zero-order valence-electron chi connectivity index (χ0n) is 11.0. The van der Waals surface area contributed by atoms with E-state index in [1.54, 1.807) is 12.1 Å². The van der Waals surface area contributed by atoms with E-state index in [0.29, 0.717) is 11.4 Å². The topological polar surface area (TPSA) is 32.5 Å². The lowest BCUT2D eigenvalue weighted by atomic mass is 10.2. The van der Waals surface area contributed by atoms with Crippen molar-refractivity contribution in [2.45, 2.75) is 19.8 Å². The summed E-state index contributed by atoms with van der Waals surface area (Å²) >= 11 is 0. The van der Waals surface area contributed by atoms with Crippen molar-refractivity contribution < 1.29 is 4.39 Å². The minimum atomic E-state index is -0.211. The first-order valence-corrected chi connectivity index (χ1v) is 6.73. The van der Waals surface area contributed by atoms with Gasteiger partial charge in [-0.1, -0.05) is 19.4 Å². The maximum atomic E-state index is 13.8. The van der Waals surface area contributed by atoms with Crippen molar-refractivity contribution >= 4 is 11.4 Å². The average Bonchev–Trinajstić information content (AvgIpc) is 2.37. The van der Waals surface area contributed by atoms with Gasteiger partial charge in [0.15, 0.2) is 0 Å². The number of para-hydroxylation sites is 1. The van der Waals surface area contributed by atoms with Crippen LogP contribution in [0.1, 0.15) is 19.8 Å². The third-order valence-electron chi connectivity index (χ3n) is 3.53. The molecule has 0 radical (unpaired) electrons. The van der Waals surface area contributed by atoms with Crippen molar-refractivity contribution in [3.8, 4) is 0 Å². The van der Waals surface area contributed by atoms with Gasteiger partial charge < -0.3 is 10.6 Å². The maximum absolute atomic E-state index is 13.8.